The average molecular weight is 482 g/mol. The number of amides is 1. The maximum Gasteiger partial charge on any atom is 0.416 e. The number of carbonyl (C=O) groups excluding carboxylic acids is 1. The van der Waals surface area contributed by atoms with Gasteiger partial charge in [0.25, 0.3) is 5.91 Å². The fourth-order valence-corrected chi connectivity index (χ4v) is 5.53. The number of nitrogens with zero attached hydrogens (tertiary/aromatic N) is 3. The molecule has 1 amide bonds. The number of alkyl halides is 3. The summed E-state index contributed by atoms with van der Waals surface area (Å²) < 4.78 is 65.2. The van der Waals surface area contributed by atoms with Crippen LogP contribution in [0.1, 0.15) is 34.3 Å². The van der Waals surface area contributed by atoms with Crippen molar-refractivity contribution in [2.24, 2.45) is 0 Å². The molecule has 0 atom stereocenters. The van der Waals surface area contributed by atoms with Gasteiger partial charge in [-0.15, -0.1) is 0 Å². The van der Waals surface area contributed by atoms with Crippen LogP contribution in [0.25, 0.3) is 0 Å². The topological polar surface area (TPSA) is 60.9 Å². The number of sulfonamides is 1. The van der Waals surface area contributed by atoms with Crippen LogP contribution in [0.2, 0.25) is 0 Å². The standard InChI is InChI=1S/C23H26F3N3O3S/c1-27-11-9-19(10-12-27)29(22(30)17-4-3-5-18(14-17)23(24,25)26)20-6-7-21-16(15-20)8-13-28(21)33(2,31)32/h3-7,14-15,19H,8-13H2,1-2H3. The smallest absolute Gasteiger partial charge is 0.306 e. The SMILES string of the molecule is CN1CCC(N(C(=O)c2cccc(C(F)(F)F)c2)c2ccc3c(c2)CCN3S(C)(=O)=O)CC1. The van der Waals surface area contributed by atoms with Gasteiger partial charge in [0.15, 0.2) is 0 Å². The second-order valence-corrected chi connectivity index (χ2v) is 10.6. The van der Waals surface area contributed by atoms with E-state index in [1.165, 1.54) is 16.4 Å². The first-order valence-electron chi connectivity index (χ1n) is 10.7. The zero-order chi connectivity index (χ0) is 24.0. The molecule has 1 fully saturated rings. The van der Waals surface area contributed by atoms with Crippen LogP contribution >= 0.6 is 0 Å². The van der Waals surface area contributed by atoms with Crippen LogP contribution < -0.4 is 9.21 Å². The van der Waals surface area contributed by atoms with Gasteiger partial charge in [-0.3, -0.25) is 9.10 Å². The summed E-state index contributed by atoms with van der Waals surface area (Å²) in [6.45, 7) is 1.86. The first-order chi connectivity index (χ1) is 15.4. The Morgan fingerprint density at radius 1 is 1.06 bits per heavy atom. The number of hydrogen-bond donors (Lipinski definition) is 0. The number of halogens is 3. The maximum atomic E-state index is 13.6. The largest absolute Gasteiger partial charge is 0.416 e. The molecule has 0 bridgehead atoms. The van der Waals surface area contributed by atoms with Gasteiger partial charge in [-0.1, -0.05) is 6.07 Å². The zero-order valence-corrected chi connectivity index (χ0v) is 19.3. The monoisotopic (exact) mass is 481 g/mol. The Labute approximate surface area is 191 Å². The highest BCUT2D eigenvalue weighted by Gasteiger charge is 2.34. The Hall–Kier alpha value is -2.59. The van der Waals surface area contributed by atoms with E-state index < -0.39 is 27.7 Å². The van der Waals surface area contributed by atoms with Crippen LogP contribution in [0.15, 0.2) is 42.5 Å². The molecule has 33 heavy (non-hydrogen) atoms. The number of hydrogen-bond acceptors (Lipinski definition) is 4. The van der Waals surface area contributed by atoms with Crippen molar-refractivity contribution in [1.29, 1.82) is 0 Å². The second kappa shape index (κ2) is 8.64. The van der Waals surface area contributed by atoms with Crippen LogP contribution in [0.4, 0.5) is 24.5 Å². The molecule has 0 aromatic heterocycles. The van der Waals surface area contributed by atoms with Crippen LogP contribution in [-0.4, -0.2) is 58.2 Å². The summed E-state index contributed by atoms with van der Waals surface area (Å²) in [4.78, 5) is 17.3. The van der Waals surface area contributed by atoms with Crippen LogP contribution in [0, 0.1) is 0 Å². The van der Waals surface area contributed by atoms with Gasteiger partial charge < -0.3 is 9.80 Å². The Morgan fingerprint density at radius 3 is 2.39 bits per heavy atom. The number of piperidine rings is 1. The summed E-state index contributed by atoms with van der Waals surface area (Å²) in [5.41, 5.74) is 1.06. The molecule has 2 aromatic rings. The lowest BCUT2D eigenvalue weighted by Gasteiger charge is -2.37. The molecule has 4 rings (SSSR count). The summed E-state index contributed by atoms with van der Waals surface area (Å²) in [7, 11) is -1.42. The first-order valence-corrected chi connectivity index (χ1v) is 12.6. The maximum absolute atomic E-state index is 13.6. The highest BCUT2D eigenvalue weighted by molar-refractivity contribution is 7.92. The minimum atomic E-state index is -4.54. The lowest BCUT2D eigenvalue weighted by atomic mass is 9.99. The third-order valence-electron chi connectivity index (χ3n) is 6.30. The molecule has 0 spiro atoms. The summed E-state index contributed by atoms with van der Waals surface area (Å²) >= 11 is 0. The number of fused-ring (bicyclic) bond motifs is 1. The molecular formula is C23H26F3N3O3S. The predicted molar refractivity (Wildman–Crippen MR) is 121 cm³/mol. The van der Waals surface area contributed by atoms with Crippen molar-refractivity contribution in [1.82, 2.24) is 4.90 Å². The molecule has 0 saturated carbocycles. The van der Waals surface area contributed by atoms with E-state index in [0.29, 0.717) is 37.2 Å². The summed E-state index contributed by atoms with van der Waals surface area (Å²) in [5.74, 6) is -0.492. The van der Waals surface area contributed by atoms with Gasteiger partial charge in [0.1, 0.15) is 0 Å². The van der Waals surface area contributed by atoms with Gasteiger partial charge in [-0.05, 0) is 81.4 Å². The van der Waals surface area contributed by atoms with E-state index in [-0.39, 0.29) is 11.6 Å². The van der Waals surface area contributed by atoms with Crippen LogP contribution in [0.3, 0.4) is 0 Å². The number of likely N-dealkylation sites (tertiary alicyclic amines) is 1. The Bertz CT molecular complexity index is 1160. The molecule has 6 nitrogen and oxygen atoms in total. The summed E-state index contributed by atoms with van der Waals surface area (Å²) in [6.07, 6.45) is -1.51. The molecule has 178 valence electrons. The van der Waals surface area contributed by atoms with E-state index in [1.54, 1.807) is 23.1 Å². The average Bonchev–Trinajstić information content (AvgIpc) is 3.19. The second-order valence-electron chi connectivity index (χ2n) is 8.69. The molecule has 1 saturated heterocycles. The first kappa shape index (κ1) is 23.6. The van der Waals surface area contributed by atoms with Crippen LogP contribution in [-0.2, 0) is 22.6 Å². The normalized spacial score (nSPS) is 17.8. The summed E-state index contributed by atoms with van der Waals surface area (Å²) in [6, 6.07) is 9.48. The quantitative estimate of drug-likeness (QED) is 0.667. The number of rotatable bonds is 4. The van der Waals surface area contributed by atoms with E-state index in [2.05, 4.69) is 4.90 Å². The van der Waals surface area contributed by atoms with E-state index in [4.69, 9.17) is 0 Å². The van der Waals surface area contributed by atoms with Gasteiger partial charge in [0.2, 0.25) is 10.0 Å². The molecule has 0 aliphatic carbocycles. The molecule has 2 aromatic carbocycles. The molecule has 2 aliphatic rings. The van der Waals surface area contributed by atoms with Crippen molar-refractivity contribution in [3.63, 3.8) is 0 Å². The Kier molecular flexibility index (Phi) is 6.17. The van der Waals surface area contributed by atoms with Gasteiger partial charge in [0.05, 0.1) is 17.5 Å². The highest BCUT2D eigenvalue weighted by atomic mass is 32.2. The summed E-state index contributed by atoms with van der Waals surface area (Å²) in [5, 5.41) is 0. The van der Waals surface area contributed by atoms with Crippen molar-refractivity contribution >= 4 is 27.3 Å². The van der Waals surface area contributed by atoms with Crippen molar-refractivity contribution in [3.8, 4) is 0 Å². The molecular weight excluding hydrogens is 455 g/mol. The third-order valence-corrected chi connectivity index (χ3v) is 7.48. The molecule has 0 N–H and O–H groups in total. The predicted octanol–water partition coefficient (Wildman–Crippen LogP) is 3.77. The fourth-order valence-electron chi connectivity index (χ4n) is 4.57. The lowest BCUT2D eigenvalue weighted by molar-refractivity contribution is -0.137. The number of anilines is 2. The van der Waals surface area contributed by atoms with E-state index in [0.717, 1.165) is 37.0 Å². The molecule has 2 aliphatic heterocycles. The van der Waals surface area contributed by atoms with E-state index in [9.17, 15) is 26.4 Å². The minimum Gasteiger partial charge on any atom is -0.306 e. The minimum absolute atomic E-state index is 0.0259. The van der Waals surface area contributed by atoms with E-state index >= 15 is 0 Å². The molecule has 10 heteroatoms. The van der Waals surface area contributed by atoms with Crippen molar-refractivity contribution in [2.45, 2.75) is 31.5 Å². The zero-order valence-electron chi connectivity index (χ0n) is 18.5. The van der Waals surface area contributed by atoms with Gasteiger partial charge in [-0.2, -0.15) is 13.2 Å². The lowest BCUT2D eigenvalue weighted by Crippen LogP contribution is -2.47. The number of benzene rings is 2. The highest BCUT2D eigenvalue weighted by Crippen LogP contribution is 2.36. The van der Waals surface area contributed by atoms with Gasteiger partial charge in [-0.25, -0.2) is 8.42 Å². The fraction of sp³-hybridized carbons (Fsp3) is 0.435. The Balaban J connectivity index is 1.73. The number of carbonyl (C=O) groups is 1. The molecule has 0 unspecified atom stereocenters. The van der Waals surface area contributed by atoms with Gasteiger partial charge >= 0.3 is 6.18 Å². The van der Waals surface area contributed by atoms with Crippen molar-refractivity contribution < 1.29 is 26.4 Å². The van der Waals surface area contributed by atoms with Gasteiger partial charge in [0, 0.05) is 23.8 Å². The van der Waals surface area contributed by atoms with E-state index in [1.807, 2.05) is 7.05 Å². The molecule has 2 heterocycles. The molecule has 0 radical (unpaired) electrons. The van der Waals surface area contributed by atoms with Crippen LogP contribution in [0.5, 0.6) is 0 Å². The van der Waals surface area contributed by atoms with Crippen molar-refractivity contribution in [2.75, 3.05) is 42.1 Å². The third kappa shape index (κ3) is 4.86. The Morgan fingerprint density at radius 2 is 1.76 bits per heavy atom. The van der Waals surface area contributed by atoms with Crippen molar-refractivity contribution in [3.05, 3.63) is 59.2 Å².